The Balaban J connectivity index is 1.99. The molecule has 1 N–H and O–H groups in total. The molecule has 1 atom stereocenters. The van der Waals surface area contributed by atoms with E-state index in [0.29, 0.717) is 44.0 Å². The van der Waals surface area contributed by atoms with Crippen LogP contribution in [-0.2, 0) is 19.6 Å². The highest BCUT2D eigenvalue weighted by Crippen LogP contribution is 2.32. The molecule has 29 heavy (non-hydrogen) atoms. The Morgan fingerprint density at radius 3 is 2.62 bits per heavy atom. The van der Waals surface area contributed by atoms with Gasteiger partial charge < -0.3 is 19.5 Å². The maximum atomic E-state index is 13.1. The minimum atomic E-state index is -3.73. The van der Waals surface area contributed by atoms with Crippen LogP contribution in [0.3, 0.4) is 0 Å². The summed E-state index contributed by atoms with van der Waals surface area (Å²) in [5.74, 6) is 0.346. The van der Waals surface area contributed by atoms with Crippen LogP contribution >= 0.6 is 0 Å². The van der Waals surface area contributed by atoms with Crippen molar-refractivity contribution in [3.05, 3.63) is 18.2 Å². The Bertz CT molecular complexity index is 781. The molecular weight excluding hydrogens is 396 g/mol. The van der Waals surface area contributed by atoms with Gasteiger partial charge in [0.2, 0.25) is 15.9 Å². The number of nitrogens with zero attached hydrogens (tertiary/aromatic N) is 1. The number of nitrogens with one attached hydrogen (secondary N) is 1. The summed E-state index contributed by atoms with van der Waals surface area (Å²) in [5, 5.41) is 2.89. The van der Waals surface area contributed by atoms with Gasteiger partial charge in [0.15, 0.2) is 11.5 Å². The smallest absolute Gasteiger partial charge is 0.243 e. The maximum absolute atomic E-state index is 13.1. The van der Waals surface area contributed by atoms with E-state index in [0.717, 1.165) is 6.42 Å². The summed E-state index contributed by atoms with van der Waals surface area (Å²) in [7, 11) is -0.772. The molecule has 0 radical (unpaired) electrons. The molecule has 1 aromatic rings. The number of sulfonamides is 1. The molecule has 1 amide bonds. The van der Waals surface area contributed by atoms with Crippen molar-refractivity contribution in [2.45, 2.75) is 44.1 Å². The number of rotatable bonds is 10. The van der Waals surface area contributed by atoms with E-state index in [-0.39, 0.29) is 29.4 Å². The topological polar surface area (TPSA) is 94.2 Å². The normalized spacial score (nSPS) is 17.9. The summed E-state index contributed by atoms with van der Waals surface area (Å²) >= 11 is 0. The lowest BCUT2D eigenvalue weighted by molar-refractivity contribution is -0.126. The molecule has 0 aromatic heterocycles. The van der Waals surface area contributed by atoms with Crippen LogP contribution < -0.4 is 14.8 Å². The Labute approximate surface area is 173 Å². The van der Waals surface area contributed by atoms with Crippen LogP contribution in [0.2, 0.25) is 0 Å². The first-order valence-electron chi connectivity index (χ1n) is 9.91. The zero-order valence-electron chi connectivity index (χ0n) is 17.6. The Morgan fingerprint density at radius 1 is 1.24 bits per heavy atom. The lowest BCUT2D eigenvalue weighted by Gasteiger charge is -2.31. The molecule has 0 unspecified atom stereocenters. The number of benzene rings is 1. The van der Waals surface area contributed by atoms with Gasteiger partial charge >= 0.3 is 0 Å². The van der Waals surface area contributed by atoms with Gasteiger partial charge in [0.25, 0.3) is 0 Å². The molecule has 1 fully saturated rings. The van der Waals surface area contributed by atoms with Gasteiger partial charge in [-0.05, 0) is 45.2 Å². The molecule has 1 heterocycles. The third kappa shape index (κ3) is 6.32. The van der Waals surface area contributed by atoms with E-state index in [1.54, 1.807) is 6.07 Å². The van der Waals surface area contributed by atoms with E-state index in [9.17, 15) is 13.2 Å². The molecule has 8 nitrogen and oxygen atoms in total. The van der Waals surface area contributed by atoms with Crippen LogP contribution in [0.15, 0.2) is 23.1 Å². The van der Waals surface area contributed by atoms with Crippen molar-refractivity contribution in [1.82, 2.24) is 9.62 Å². The minimum Gasteiger partial charge on any atom is -0.493 e. The number of piperidine rings is 1. The summed E-state index contributed by atoms with van der Waals surface area (Å²) in [5.41, 5.74) is 0. The van der Waals surface area contributed by atoms with Crippen LogP contribution in [0.4, 0.5) is 0 Å². The van der Waals surface area contributed by atoms with Gasteiger partial charge in [-0.25, -0.2) is 8.42 Å². The minimum absolute atomic E-state index is 0.109. The molecule has 0 spiro atoms. The predicted molar refractivity (Wildman–Crippen MR) is 110 cm³/mol. The predicted octanol–water partition coefficient (Wildman–Crippen LogP) is 2.04. The number of carbonyl (C=O) groups is 1. The van der Waals surface area contributed by atoms with E-state index in [4.69, 9.17) is 14.2 Å². The van der Waals surface area contributed by atoms with Gasteiger partial charge in [0.05, 0.1) is 31.1 Å². The fraction of sp³-hybridized carbons (Fsp3) is 0.650. The van der Waals surface area contributed by atoms with Crippen molar-refractivity contribution in [2.24, 2.45) is 5.92 Å². The van der Waals surface area contributed by atoms with E-state index in [2.05, 4.69) is 5.32 Å². The first-order chi connectivity index (χ1) is 13.8. The van der Waals surface area contributed by atoms with E-state index in [1.165, 1.54) is 30.7 Å². The highest BCUT2D eigenvalue weighted by atomic mass is 32.2. The Morgan fingerprint density at radius 2 is 1.97 bits per heavy atom. The van der Waals surface area contributed by atoms with Crippen molar-refractivity contribution in [2.75, 3.05) is 40.5 Å². The molecule has 0 aliphatic carbocycles. The molecule has 0 saturated carbocycles. The molecule has 2 rings (SSSR count). The molecule has 1 saturated heterocycles. The van der Waals surface area contributed by atoms with Crippen LogP contribution in [0.25, 0.3) is 0 Å². The summed E-state index contributed by atoms with van der Waals surface area (Å²) in [6.07, 6.45) is 2.21. The van der Waals surface area contributed by atoms with Gasteiger partial charge in [-0.15, -0.1) is 0 Å². The summed E-state index contributed by atoms with van der Waals surface area (Å²) in [6.45, 7) is 5.60. The zero-order chi connectivity index (χ0) is 21.4. The average molecular weight is 429 g/mol. The molecule has 1 aromatic carbocycles. The monoisotopic (exact) mass is 428 g/mol. The van der Waals surface area contributed by atoms with Crippen molar-refractivity contribution in [3.8, 4) is 11.5 Å². The van der Waals surface area contributed by atoms with Crippen molar-refractivity contribution in [1.29, 1.82) is 0 Å². The standard InChI is InChI=1S/C20H32N2O6S/c1-15(2)28-12-6-10-21-20(23)16-7-5-11-22(14-16)29(24,25)17-8-9-18(26-3)19(13-17)27-4/h8-9,13,15-16H,5-7,10-12,14H2,1-4H3,(H,21,23)/t16-/m1/s1. The first-order valence-corrected chi connectivity index (χ1v) is 11.3. The zero-order valence-corrected chi connectivity index (χ0v) is 18.5. The van der Waals surface area contributed by atoms with Gasteiger partial charge in [-0.1, -0.05) is 0 Å². The van der Waals surface area contributed by atoms with E-state index < -0.39 is 10.0 Å². The summed E-state index contributed by atoms with van der Waals surface area (Å²) in [4.78, 5) is 12.6. The van der Waals surface area contributed by atoms with Gasteiger partial charge in [0, 0.05) is 32.3 Å². The fourth-order valence-electron chi connectivity index (χ4n) is 3.25. The third-order valence-electron chi connectivity index (χ3n) is 4.82. The van der Waals surface area contributed by atoms with Crippen molar-refractivity contribution in [3.63, 3.8) is 0 Å². The number of carbonyl (C=O) groups excluding carboxylic acids is 1. The highest BCUT2D eigenvalue weighted by molar-refractivity contribution is 7.89. The van der Waals surface area contributed by atoms with Gasteiger partial charge in [0.1, 0.15) is 0 Å². The number of ether oxygens (including phenoxy) is 3. The number of hydrogen-bond acceptors (Lipinski definition) is 6. The largest absolute Gasteiger partial charge is 0.493 e. The lowest BCUT2D eigenvalue weighted by atomic mass is 9.99. The van der Waals surface area contributed by atoms with Crippen LogP contribution in [0.1, 0.15) is 33.1 Å². The number of hydrogen-bond donors (Lipinski definition) is 1. The fourth-order valence-corrected chi connectivity index (χ4v) is 4.79. The first kappa shape index (κ1) is 23.4. The SMILES string of the molecule is COc1ccc(S(=O)(=O)N2CCC[C@@H](C(=O)NCCCOC(C)C)C2)cc1OC. The molecular formula is C20H32N2O6S. The summed E-state index contributed by atoms with van der Waals surface area (Å²) in [6, 6.07) is 4.51. The van der Waals surface area contributed by atoms with Gasteiger partial charge in [-0.2, -0.15) is 4.31 Å². The molecule has 1 aliphatic rings. The second kappa shape index (κ2) is 10.8. The number of methoxy groups -OCH3 is 2. The van der Waals surface area contributed by atoms with Crippen LogP contribution in [0.5, 0.6) is 11.5 Å². The van der Waals surface area contributed by atoms with Crippen LogP contribution in [0, 0.1) is 5.92 Å². The molecule has 1 aliphatic heterocycles. The van der Waals surface area contributed by atoms with E-state index >= 15 is 0 Å². The Hall–Kier alpha value is -1.84. The van der Waals surface area contributed by atoms with Crippen LogP contribution in [-0.4, -0.2) is 65.2 Å². The van der Waals surface area contributed by atoms with Crippen molar-refractivity contribution < 1.29 is 27.4 Å². The third-order valence-corrected chi connectivity index (χ3v) is 6.68. The molecule has 9 heteroatoms. The second-order valence-electron chi connectivity index (χ2n) is 7.28. The molecule has 164 valence electrons. The Kier molecular flexibility index (Phi) is 8.73. The summed E-state index contributed by atoms with van der Waals surface area (Å²) < 4.78 is 43.4. The number of amides is 1. The lowest BCUT2D eigenvalue weighted by Crippen LogP contribution is -2.45. The maximum Gasteiger partial charge on any atom is 0.243 e. The quantitative estimate of drug-likeness (QED) is 0.573. The van der Waals surface area contributed by atoms with Crippen molar-refractivity contribution >= 4 is 15.9 Å². The average Bonchev–Trinajstić information content (AvgIpc) is 2.72. The van der Waals surface area contributed by atoms with Gasteiger partial charge in [-0.3, -0.25) is 4.79 Å². The molecule has 0 bridgehead atoms. The second-order valence-corrected chi connectivity index (χ2v) is 9.22. The highest BCUT2D eigenvalue weighted by Gasteiger charge is 2.33. The van der Waals surface area contributed by atoms with E-state index in [1.807, 2.05) is 13.8 Å².